The first kappa shape index (κ1) is 17.5. The first-order valence-electron chi connectivity index (χ1n) is 7.94. The molecule has 0 spiro atoms. The summed E-state index contributed by atoms with van der Waals surface area (Å²) in [5.74, 6) is 0.731. The highest BCUT2D eigenvalue weighted by Gasteiger charge is 2.26. The summed E-state index contributed by atoms with van der Waals surface area (Å²) in [6.07, 6.45) is 1.38. The molecular weight excluding hydrogens is 342 g/mol. The lowest BCUT2D eigenvalue weighted by atomic mass is 10.3. The molecule has 0 bridgehead atoms. The van der Waals surface area contributed by atoms with Crippen LogP contribution in [0.15, 0.2) is 30.2 Å². The van der Waals surface area contributed by atoms with E-state index in [1.807, 2.05) is 37.2 Å². The van der Waals surface area contributed by atoms with Gasteiger partial charge in [-0.25, -0.2) is 4.98 Å². The Morgan fingerprint density at radius 3 is 2.84 bits per heavy atom. The Balaban J connectivity index is 1.92. The minimum absolute atomic E-state index is 0.210. The van der Waals surface area contributed by atoms with E-state index in [1.165, 1.54) is 17.6 Å². The molecular formula is C17H21N3O4S. The van der Waals surface area contributed by atoms with Crippen molar-refractivity contribution in [2.45, 2.75) is 0 Å². The minimum atomic E-state index is -0.243. The number of anilines is 1. The van der Waals surface area contributed by atoms with Gasteiger partial charge in [0, 0.05) is 13.1 Å². The van der Waals surface area contributed by atoms with Crippen molar-refractivity contribution in [3.8, 4) is 5.75 Å². The van der Waals surface area contributed by atoms with E-state index >= 15 is 0 Å². The van der Waals surface area contributed by atoms with E-state index in [9.17, 15) is 4.79 Å². The standard InChI is InChI=1S/C17H21N3O4S/c1-19(2)6-7-20(16(21)14-11-23-8-9-24-14)17-18-13-5-4-12(22-3)10-15(13)25-17/h4-5,10-11H,6-9H2,1-3H3. The van der Waals surface area contributed by atoms with Crippen LogP contribution in [0.2, 0.25) is 0 Å². The number of hydrogen-bond acceptors (Lipinski definition) is 7. The van der Waals surface area contributed by atoms with Crippen molar-refractivity contribution < 1.29 is 19.0 Å². The molecule has 0 fully saturated rings. The van der Waals surface area contributed by atoms with E-state index in [0.29, 0.717) is 31.4 Å². The third-order valence-corrected chi connectivity index (χ3v) is 4.73. The number of benzene rings is 1. The largest absolute Gasteiger partial charge is 0.497 e. The second-order valence-electron chi connectivity index (χ2n) is 5.79. The first-order valence-corrected chi connectivity index (χ1v) is 8.76. The predicted molar refractivity (Wildman–Crippen MR) is 97.1 cm³/mol. The summed E-state index contributed by atoms with van der Waals surface area (Å²) >= 11 is 1.45. The second-order valence-corrected chi connectivity index (χ2v) is 6.80. The number of amides is 1. The summed E-state index contributed by atoms with van der Waals surface area (Å²) in [5.41, 5.74) is 0.832. The molecule has 1 aliphatic rings. The Morgan fingerprint density at radius 1 is 1.32 bits per heavy atom. The maximum atomic E-state index is 12.9. The number of nitrogens with zero attached hydrogens (tertiary/aromatic N) is 3. The second kappa shape index (κ2) is 7.71. The molecule has 3 rings (SSSR count). The number of carbonyl (C=O) groups is 1. The van der Waals surface area contributed by atoms with Gasteiger partial charge in [-0.2, -0.15) is 0 Å². The molecule has 1 aliphatic heterocycles. The van der Waals surface area contributed by atoms with Crippen LogP contribution in [0, 0.1) is 0 Å². The third kappa shape index (κ3) is 4.02. The van der Waals surface area contributed by atoms with Crippen LogP contribution in [-0.4, -0.2) is 63.3 Å². The zero-order valence-corrected chi connectivity index (χ0v) is 15.3. The average molecular weight is 363 g/mol. The molecule has 134 valence electrons. The minimum Gasteiger partial charge on any atom is -0.497 e. The molecule has 0 unspecified atom stereocenters. The molecule has 8 heteroatoms. The highest BCUT2D eigenvalue weighted by molar-refractivity contribution is 7.22. The van der Waals surface area contributed by atoms with Gasteiger partial charge < -0.3 is 19.1 Å². The van der Waals surface area contributed by atoms with Gasteiger partial charge in [0.05, 0.1) is 17.3 Å². The molecule has 25 heavy (non-hydrogen) atoms. The van der Waals surface area contributed by atoms with Crippen molar-refractivity contribution in [3.63, 3.8) is 0 Å². The summed E-state index contributed by atoms with van der Waals surface area (Å²) < 4.78 is 16.9. The van der Waals surface area contributed by atoms with Gasteiger partial charge in [-0.3, -0.25) is 9.69 Å². The average Bonchev–Trinajstić information content (AvgIpc) is 3.04. The number of rotatable bonds is 6. The van der Waals surface area contributed by atoms with E-state index in [-0.39, 0.29) is 11.7 Å². The Hall–Kier alpha value is -2.32. The predicted octanol–water partition coefficient (Wildman–Crippen LogP) is 2.09. The number of aromatic nitrogens is 1. The number of fused-ring (bicyclic) bond motifs is 1. The van der Waals surface area contributed by atoms with E-state index < -0.39 is 0 Å². The van der Waals surface area contributed by atoms with Crippen LogP contribution in [0.4, 0.5) is 5.13 Å². The van der Waals surface area contributed by atoms with Gasteiger partial charge in [-0.15, -0.1) is 0 Å². The molecule has 1 aromatic heterocycles. The SMILES string of the molecule is COc1ccc2nc(N(CCN(C)C)C(=O)C3=COCCO3)sc2c1. The molecule has 2 aromatic rings. The Morgan fingerprint density at radius 2 is 2.16 bits per heavy atom. The molecule has 0 radical (unpaired) electrons. The molecule has 1 aromatic carbocycles. The van der Waals surface area contributed by atoms with Crippen molar-refractivity contribution in [2.24, 2.45) is 0 Å². The van der Waals surface area contributed by atoms with Crippen LogP contribution in [0.1, 0.15) is 0 Å². The topological polar surface area (TPSA) is 64.1 Å². The zero-order chi connectivity index (χ0) is 17.8. The van der Waals surface area contributed by atoms with Gasteiger partial charge >= 0.3 is 0 Å². The number of hydrogen-bond donors (Lipinski definition) is 0. The highest BCUT2D eigenvalue weighted by Crippen LogP contribution is 2.32. The number of ether oxygens (including phenoxy) is 3. The fourth-order valence-electron chi connectivity index (χ4n) is 2.33. The van der Waals surface area contributed by atoms with Crippen LogP contribution in [-0.2, 0) is 14.3 Å². The number of likely N-dealkylation sites (N-methyl/N-ethyl adjacent to an activating group) is 1. The summed E-state index contributed by atoms with van der Waals surface area (Å²) in [7, 11) is 5.56. The summed E-state index contributed by atoms with van der Waals surface area (Å²) in [6.45, 7) is 2.04. The number of carbonyl (C=O) groups excluding carboxylic acids is 1. The monoisotopic (exact) mass is 363 g/mol. The van der Waals surface area contributed by atoms with Gasteiger partial charge in [0.25, 0.3) is 5.91 Å². The van der Waals surface area contributed by atoms with E-state index in [2.05, 4.69) is 4.98 Å². The Labute approximate surface area is 150 Å². The number of methoxy groups -OCH3 is 1. The van der Waals surface area contributed by atoms with Gasteiger partial charge in [0.2, 0.25) is 5.76 Å². The molecule has 0 aliphatic carbocycles. The summed E-state index contributed by atoms with van der Waals surface area (Å²) in [4.78, 5) is 21.1. The molecule has 0 saturated heterocycles. The van der Waals surface area contributed by atoms with Crippen molar-refractivity contribution in [2.75, 3.05) is 52.4 Å². The van der Waals surface area contributed by atoms with Crippen LogP contribution >= 0.6 is 11.3 Å². The van der Waals surface area contributed by atoms with Crippen LogP contribution < -0.4 is 9.64 Å². The fraction of sp³-hybridized carbons (Fsp3) is 0.412. The van der Waals surface area contributed by atoms with Gasteiger partial charge in [-0.05, 0) is 32.3 Å². The molecule has 7 nitrogen and oxygen atoms in total. The van der Waals surface area contributed by atoms with Crippen molar-refractivity contribution >= 4 is 32.6 Å². The lowest BCUT2D eigenvalue weighted by Gasteiger charge is -2.24. The quantitative estimate of drug-likeness (QED) is 0.783. The molecule has 1 amide bonds. The van der Waals surface area contributed by atoms with Crippen LogP contribution in [0.5, 0.6) is 5.75 Å². The van der Waals surface area contributed by atoms with Crippen LogP contribution in [0.25, 0.3) is 10.2 Å². The van der Waals surface area contributed by atoms with Crippen molar-refractivity contribution in [1.82, 2.24) is 9.88 Å². The molecule has 0 saturated carbocycles. The normalized spacial score (nSPS) is 14.0. The lowest BCUT2D eigenvalue weighted by molar-refractivity contribution is -0.119. The highest BCUT2D eigenvalue weighted by atomic mass is 32.1. The first-order chi connectivity index (χ1) is 12.1. The molecule has 0 atom stereocenters. The van der Waals surface area contributed by atoms with E-state index in [4.69, 9.17) is 14.2 Å². The maximum Gasteiger partial charge on any atom is 0.298 e. The summed E-state index contributed by atoms with van der Waals surface area (Å²) in [5, 5.41) is 0.630. The third-order valence-electron chi connectivity index (χ3n) is 3.69. The van der Waals surface area contributed by atoms with Crippen molar-refractivity contribution in [3.05, 3.63) is 30.2 Å². The smallest absolute Gasteiger partial charge is 0.298 e. The zero-order valence-electron chi connectivity index (χ0n) is 14.5. The number of thiazole rings is 1. The maximum absolute atomic E-state index is 12.9. The Bertz CT molecular complexity index is 787. The van der Waals surface area contributed by atoms with Gasteiger partial charge in [-0.1, -0.05) is 11.3 Å². The summed E-state index contributed by atoms with van der Waals surface area (Å²) in [6, 6.07) is 5.67. The van der Waals surface area contributed by atoms with Crippen LogP contribution in [0.3, 0.4) is 0 Å². The fourth-order valence-corrected chi connectivity index (χ4v) is 3.35. The van der Waals surface area contributed by atoms with Gasteiger partial charge in [0.15, 0.2) is 5.13 Å². The Kier molecular flexibility index (Phi) is 5.40. The molecule has 2 heterocycles. The van der Waals surface area contributed by atoms with Gasteiger partial charge in [0.1, 0.15) is 25.2 Å². The lowest BCUT2D eigenvalue weighted by Crippen LogP contribution is -2.38. The van der Waals surface area contributed by atoms with E-state index in [1.54, 1.807) is 12.0 Å². The van der Waals surface area contributed by atoms with E-state index in [0.717, 1.165) is 16.0 Å². The molecule has 0 N–H and O–H groups in total. The van der Waals surface area contributed by atoms with Crippen molar-refractivity contribution in [1.29, 1.82) is 0 Å².